The Labute approximate surface area is 312 Å². The summed E-state index contributed by atoms with van der Waals surface area (Å²) in [5.41, 5.74) is 11.1. The number of halogens is 2. The summed E-state index contributed by atoms with van der Waals surface area (Å²) in [4.78, 5) is 0. The summed E-state index contributed by atoms with van der Waals surface area (Å²) in [6.07, 6.45) is 1.36. The van der Waals surface area contributed by atoms with Crippen LogP contribution in [0.25, 0.3) is 43.8 Å². The molecule has 0 N–H and O–H groups in total. The van der Waals surface area contributed by atoms with Gasteiger partial charge in [0.25, 0.3) is 0 Å². The first kappa shape index (κ1) is 40.2. The van der Waals surface area contributed by atoms with Crippen LogP contribution in [0.15, 0.2) is 109 Å². The molecule has 250 valence electrons. The summed E-state index contributed by atoms with van der Waals surface area (Å²) >= 11 is -0.826. The van der Waals surface area contributed by atoms with Gasteiger partial charge in [0.15, 0.2) is 0 Å². The monoisotopic (exact) mass is 768 g/mol. The molecule has 4 heteroatoms. The van der Waals surface area contributed by atoms with E-state index in [-0.39, 0.29) is 10.8 Å². The van der Waals surface area contributed by atoms with Crippen LogP contribution in [0.1, 0.15) is 77.1 Å². The molecular weight excluding hydrogens is 719 g/mol. The molecule has 6 rings (SSSR count). The number of aryl methyl sites for hydroxylation is 2. The van der Waals surface area contributed by atoms with Crippen molar-refractivity contribution in [3.05, 3.63) is 131 Å². The standard InChI is InChI=1S/2C20H21.C4H10Si.2ClH.Zr/c2*1-14-12-16-6-5-7-18(19(16)13-14)15-8-10-17(11-9-15)20(2,3)4;1-3-4-5-2;;;/h2*5-13H,1-4H3;3-4H2,1-2H3;2*1H;/q2*-1;;;;+4/p-2. The molecule has 0 aliphatic heterocycles. The zero-order valence-electron chi connectivity index (χ0n) is 30.6. The predicted octanol–water partition coefficient (Wildman–Crippen LogP) is 14.6. The Morgan fingerprint density at radius 3 is 1.23 bits per heavy atom. The van der Waals surface area contributed by atoms with Crippen LogP contribution >= 0.6 is 17.0 Å². The average molecular weight is 771 g/mol. The number of benzene rings is 4. The van der Waals surface area contributed by atoms with Gasteiger partial charge in [-0.15, -0.1) is 69.1 Å². The molecule has 2 radical (unpaired) electrons. The molecule has 0 aliphatic rings. The zero-order chi connectivity index (χ0) is 35.5. The maximum atomic E-state index is 4.93. The molecule has 0 aliphatic carbocycles. The molecule has 6 aromatic rings. The summed E-state index contributed by atoms with van der Waals surface area (Å²) in [6, 6.07) is 41.6. The second-order valence-corrected chi connectivity index (χ2v) is 19.5. The number of hydrogen-bond acceptors (Lipinski definition) is 0. The van der Waals surface area contributed by atoms with Gasteiger partial charge >= 0.3 is 37.9 Å². The number of hydrogen-bond donors (Lipinski definition) is 0. The van der Waals surface area contributed by atoms with Crippen molar-refractivity contribution >= 4 is 48.1 Å². The van der Waals surface area contributed by atoms with Gasteiger partial charge in [-0.3, -0.25) is 0 Å². The fraction of sp³-hybridized carbons (Fsp3) is 0.318. The van der Waals surface area contributed by atoms with Crippen molar-refractivity contribution in [3.63, 3.8) is 0 Å². The first-order valence-electron chi connectivity index (χ1n) is 16.9. The van der Waals surface area contributed by atoms with Crippen molar-refractivity contribution in [1.29, 1.82) is 0 Å². The molecule has 0 fully saturated rings. The van der Waals surface area contributed by atoms with Crippen molar-refractivity contribution in [3.8, 4) is 22.3 Å². The van der Waals surface area contributed by atoms with Gasteiger partial charge in [0.05, 0.1) is 0 Å². The summed E-state index contributed by atoms with van der Waals surface area (Å²) in [6.45, 7) is 22.3. The van der Waals surface area contributed by atoms with Crippen molar-refractivity contribution < 1.29 is 20.8 Å². The van der Waals surface area contributed by atoms with Gasteiger partial charge < -0.3 is 0 Å². The second-order valence-electron chi connectivity index (χ2n) is 14.5. The van der Waals surface area contributed by atoms with Crippen LogP contribution in [-0.4, -0.2) is 9.52 Å². The van der Waals surface area contributed by atoms with Crippen molar-refractivity contribution in [2.24, 2.45) is 0 Å². The molecule has 0 saturated heterocycles. The molecular formula is C44H52Cl2SiZr. The molecule has 0 spiro atoms. The normalized spacial score (nSPS) is 11.1. The minimum atomic E-state index is -0.826. The topological polar surface area (TPSA) is 0 Å². The Kier molecular flexibility index (Phi) is 15.7. The van der Waals surface area contributed by atoms with Gasteiger partial charge in [-0.2, -0.15) is 12.1 Å². The first-order chi connectivity index (χ1) is 22.7. The molecule has 0 amide bonds. The Balaban J connectivity index is 0.000000214. The molecule has 0 atom stereocenters. The van der Waals surface area contributed by atoms with Gasteiger partial charge in [0, 0.05) is 9.52 Å². The summed E-state index contributed by atoms with van der Waals surface area (Å²) < 4.78 is 0. The molecule has 6 aromatic carbocycles. The molecule has 0 saturated carbocycles. The van der Waals surface area contributed by atoms with Gasteiger partial charge in [-0.05, 0) is 33.1 Å². The van der Waals surface area contributed by atoms with Crippen LogP contribution in [0.4, 0.5) is 0 Å². The molecule has 0 bridgehead atoms. The number of fused-ring (bicyclic) bond motifs is 2. The average Bonchev–Trinajstić information content (AvgIpc) is 3.62. The van der Waals surface area contributed by atoms with Crippen LogP contribution in [0.3, 0.4) is 0 Å². The zero-order valence-corrected chi connectivity index (χ0v) is 35.5. The van der Waals surface area contributed by atoms with Crippen LogP contribution in [-0.2, 0) is 31.7 Å². The summed E-state index contributed by atoms with van der Waals surface area (Å²) in [5.74, 6) is 0. The van der Waals surface area contributed by atoms with E-state index in [1.54, 1.807) is 0 Å². The molecule has 0 aromatic heterocycles. The Morgan fingerprint density at radius 1 is 0.604 bits per heavy atom. The Bertz CT molecular complexity index is 1690. The summed E-state index contributed by atoms with van der Waals surface area (Å²) in [7, 11) is 11.0. The fourth-order valence-electron chi connectivity index (χ4n) is 5.82. The van der Waals surface area contributed by atoms with Gasteiger partial charge in [0.2, 0.25) is 0 Å². The van der Waals surface area contributed by atoms with Crippen molar-refractivity contribution in [1.82, 2.24) is 0 Å². The summed E-state index contributed by atoms with van der Waals surface area (Å²) in [5, 5.41) is 5.38. The van der Waals surface area contributed by atoms with Crippen LogP contribution < -0.4 is 0 Å². The third kappa shape index (κ3) is 11.4. The van der Waals surface area contributed by atoms with E-state index in [0.717, 1.165) is 9.52 Å². The third-order valence-electron chi connectivity index (χ3n) is 8.41. The van der Waals surface area contributed by atoms with Gasteiger partial charge in [0.1, 0.15) is 0 Å². The van der Waals surface area contributed by atoms with E-state index >= 15 is 0 Å². The molecule has 0 nitrogen and oxygen atoms in total. The number of rotatable bonds is 4. The molecule has 0 unspecified atom stereocenters. The van der Waals surface area contributed by atoms with Crippen LogP contribution in [0.2, 0.25) is 12.6 Å². The third-order valence-corrected chi connectivity index (χ3v) is 9.41. The van der Waals surface area contributed by atoms with Gasteiger partial charge in [-0.1, -0.05) is 153 Å². The van der Waals surface area contributed by atoms with E-state index in [4.69, 9.17) is 17.0 Å². The predicted molar refractivity (Wildman–Crippen MR) is 215 cm³/mol. The van der Waals surface area contributed by atoms with E-state index in [1.807, 2.05) is 0 Å². The minimum absolute atomic E-state index is 0.210. The van der Waals surface area contributed by atoms with E-state index in [1.165, 1.54) is 78.5 Å². The van der Waals surface area contributed by atoms with E-state index in [2.05, 4.69) is 178 Å². The van der Waals surface area contributed by atoms with Gasteiger partial charge in [-0.25, -0.2) is 0 Å². The quantitative estimate of drug-likeness (QED) is 0.124. The molecule has 0 heterocycles. The first-order valence-corrected chi connectivity index (χ1v) is 24.9. The fourth-order valence-corrected chi connectivity index (χ4v) is 6.32. The maximum absolute atomic E-state index is 4.93. The Hall–Kier alpha value is -2.22. The second kappa shape index (κ2) is 18.7. The van der Waals surface area contributed by atoms with Crippen molar-refractivity contribution in [2.75, 3.05) is 0 Å². The van der Waals surface area contributed by atoms with E-state index in [0.29, 0.717) is 0 Å². The van der Waals surface area contributed by atoms with Crippen LogP contribution in [0, 0.1) is 13.8 Å². The van der Waals surface area contributed by atoms with Crippen molar-refractivity contribution in [2.45, 2.75) is 92.2 Å². The van der Waals surface area contributed by atoms with Crippen LogP contribution in [0.5, 0.6) is 0 Å². The van der Waals surface area contributed by atoms with E-state index in [9.17, 15) is 0 Å². The SMILES string of the molecule is CCC[Si]C.Cc1cc2c(-c3ccc(C(C)(C)C)cc3)cccc2[cH-]1.Cc1cc2c(-c3ccc(C(C)(C)C)cc3)cccc2[cH-]1.[Cl][Zr+2][Cl]. The Morgan fingerprint density at radius 2 is 0.958 bits per heavy atom. The van der Waals surface area contributed by atoms with E-state index < -0.39 is 20.8 Å². The molecule has 48 heavy (non-hydrogen) atoms.